The summed E-state index contributed by atoms with van der Waals surface area (Å²) in [5.41, 5.74) is 4.76. The summed E-state index contributed by atoms with van der Waals surface area (Å²) in [5.74, 6) is 0.116. The predicted octanol–water partition coefficient (Wildman–Crippen LogP) is 4.15. The van der Waals surface area contributed by atoms with E-state index in [-0.39, 0.29) is 5.75 Å². The molecule has 4 heterocycles. The summed E-state index contributed by atoms with van der Waals surface area (Å²) < 4.78 is 0. The first-order chi connectivity index (χ1) is 20.9. The lowest BCUT2D eigenvalue weighted by molar-refractivity contribution is 0.0696. The Hall–Kier alpha value is -3.89. The van der Waals surface area contributed by atoms with Gasteiger partial charge in [0.15, 0.2) is 5.82 Å². The maximum absolute atomic E-state index is 11.4. The van der Waals surface area contributed by atoms with E-state index in [2.05, 4.69) is 35.1 Å². The van der Waals surface area contributed by atoms with Gasteiger partial charge in [0.05, 0.1) is 16.9 Å². The third-order valence-electron chi connectivity index (χ3n) is 9.65. The molecule has 3 fully saturated rings. The molecule has 0 radical (unpaired) electrons. The van der Waals surface area contributed by atoms with Crippen LogP contribution in [0.25, 0.3) is 11.3 Å². The zero-order valence-corrected chi connectivity index (χ0v) is 25.2. The highest BCUT2D eigenvalue weighted by molar-refractivity contribution is 5.90. The highest BCUT2D eigenvalue weighted by Crippen LogP contribution is 2.33. The van der Waals surface area contributed by atoms with Gasteiger partial charge in [-0.2, -0.15) is 0 Å². The number of carbonyl (C=O) groups is 1. The summed E-state index contributed by atoms with van der Waals surface area (Å²) in [4.78, 5) is 21.6. The maximum atomic E-state index is 11.4. The molecular weight excluding hydrogens is 542 g/mol. The van der Waals surface area contributed by atoms with Gasteiger partial charge < -0.3 is 30.2 Å². The molecule has 3 N–H and O–H groups in total. The summed E-state index contributed by atoms with van der Waals surface area (Å²) in [6, 6.07) is 16.3. The Labute approximate surface area is 253 Å². The fraction of sp³-hybridized carbons (Fsp3) is 0.485. The van der Waals surface area contributed by atoms with Crippen LogP contribution >= 0.6 is 0 Å². The van der Waals surface area contributed by atoms with E-state index in [1.165, 1.54) is 12.8 Å². The lowest BCUT2D eigenvalue weighted by atomic mass is 9.96. The molecule has 3 aliphatic rings. The molecule has 0 atom stereocenters. The van der Waals surface area contributed by atoms with Crippen LogP contribution in [0.15, 0.2) is 48.5 Å². The van der Waals surface area contributed by atoms with E-state index in [1.807, 2.05) is 50.4 Å². The monoisotopic (exact) mass is 585 g/mol. The number of aryl methyl sites for hydroxylation is 1. The van der Waals surface area contributed by atoms with Gasteiger partial charge in [0, 0.05) is 69.7 Å². The van der Waals surface area contributed by atoms with Crippen LogP contribution in [0, 0.1) is 6.92 Å². The number of piperidine rings is 2. The van der Waals surface area contributed by atoms with E-state index in [4.69, 9.17) is 0 Å². The first-order valence-corrected chi connectivity index (χ1v) is 15.6. The number of piperazine rings is 1. The first-order valence-electron chi connectivity index (χ1n) is 15.6. The number of hydrogen-bond acceptors (Lipinski definition) is 9. The Morgan fingerprint density at radius 3 is 2.09 bits per heavy atom. The van der Waals surface area contributed by atoms with Crippen LogP contribution in [0.5, 0.6) is 5.75 Å². The highest BCUT2D eigenvalue weighted by atomic mass is 16.4. The van der Waals surface area contributed by atoms with E-state index in [0.717, 1.165) is 88.0 Å². The molecule has 0 bridgehead atoms. The molecule has 2 aromatic carbocycles. The van der Waals surface area contributed by atoms with Crippen LogP contribution in [0.2, 0.25) is 0 Å². The number of aromatic hydroxyl groups is 1. The van der Waals surface area contributed by atoms with Crippen molar-refractivity contribution in [2.24, 2.45) is 0 Å². The molecular formula is C33H43N7O3. The number of hydrogen-bond donors (Lipinski definition) is 3. The number of aromatic carboxylic acids is 1. The smallest absolute Gasteiger partial charge is 0.335 e. The van der Waals surface area contributed by atoms with Gasteiger partial charge in [-0.25, -0.2) is 4.79 Å². The largest absolute Gasteiger partial charge is 0.507 e. The second-order valence-electron chi connectivity index (χ2n) is 12.0. The number of phenolic OH excluding ortho intramolecular Hbond substituents is 1. The second kappa shape index (κ2) is 12.8. The van der Waals surface area contributed by atoms with E-state index < -0.39 is 5.97 Å². The van der Waals surface area contributed by atoms with Crippen molar-refractivity contribution in [3.63, 3.8) is 0 Å². The van der Waals surface area contributed by atoms with Crippen molar-refractivity contribution < 1.29 is 15.0 Å². The third-order valence-corrected chi connectivity index (χ3v) is 9.65. The molecule has 0 amide bonds. The van der Waals surface area contributed by atoms with Gasteiger partial charge >= 0.3 is 5.97 Å². The minimum absolute atomic E-state index is 0.212. The van der Waals surface area contributed by atoms with Crippen molar-refractivity contribution in [1.29, 1.82) is 0 Å². The van der Waals surface area contributed by atoms with Gasteiger partial charge in [-0.3, -0.25) is 4.90 Å². The number of carboxylic acid groups (broad SMARTS) is 1. The molecule has 0 saturated carbocycles. The molecule has 6 rings (SSSR count). The molecule has 0 unspecified atom stereocenters. The lowest BCUT2D eigenvalue weighted by Crippen LogP contribution is -2.55. The molecule has 3 saturated heterocycles. The molecule has 0 aliphatic carbocycles. The fourth-order valence-corrected chi connectivity index (χ4v) is 7.14. The van der Waals surface area contributed by atoms with Crippen LogP contribution in [0.1, 0.15) is 41.6 Å². The van der Waals surface area contributed by atoms with Gasteiger partial charge in [0.2, 0.25) is 0 Å². The maximum Gasteiger partial charge on any atom is 0.335 e. The van der Waals surface area contributed by atoms with Crippen molar-refractivity contribution in [2.45, 2.75) is 44.7 Å². The topological polar surface area (TPSA) is 108 Å². The van der Waals surface area contributed by atoms with E-state index in [1.54, 1.807) is 12.1 Å². The Balaban J connectivity index is 0.993. The normalized spacial score (nSPS) is 19.5. The number of para-hydroxylation sites is 1. The summed E-state index contributed by atoms with van der Waals surface area (Å²) >= 11 is 0. The first kappa shape index (κ1) is 29.2. The van der Waals surface area contributed by atoms with Gasteiger partial charge in [-0.05, 0) is 87.7 Å². The van der Waals surface area contributed by atoms with Gasteiger partial charge in [0.1, 0.15) is 5.75 Å². The highest BCUT2D eigenvalue weighted by Gasteiger charge is 2.32. The van der Waals surface area contributed by atoms with E-state index >= 15 is 0 Å². The number of likely N-dealkylation sites (tertiary alicyclic amines) is 1. The van der Waals surface area contributed by atoms with Gasteiger partial charge in [-0.1, -0.05) is 12.1 Å². The number of phenols is 1. The van der Waals surface area contributed by atoms with Crippen LogP contribution in [-0.4, -0.2) is 108 Å². The number of nitrogens with zero attached hydrogens (tertiary/aromatic N) is 6. The molecule has 228 valence electrons. The fourth-order valence-electron chi connectivity index (χ4n) is 7.14. The van der Waals surface area contributed by atoms with Crippen LogP contribution in [-0.2, 0) is 0 Å². The van der Waals surface area contributed by atoms with Crippen molar-refractivity contribution in [3.8, 4) is 17.0 Å². The Kier molecular flexibility index (Phi) is 8.67. The molecule has 10 nitrogen and oxygen atoms in total. The average Bonchev–Trinajstić information content (AvgIpc) is 3.05. The van der Waals surface area contributed by atoms with Crippen molar-refractivity contribution in [3.05, 3.63) is 59.7 Å². The molecule has 1 aromatic heterocycles. The van der Waals surface area contributed by atoms with Gasteiger partial charge in [-0.15, -0.1) is 10.2 Å². The number of anilines is 3. The standard InChI is InChI=1S/C33H43N7O3/c1-23-21-26(7-8-27(23)33(42)43)38-15-11-24(12-16-38)37-13-9-25(10-14-37)39-17-19-40(20-18-39)30-22-29(35-36-32(30)34-2)28-5-3-4-6-31(28)41/h3-8,21-22,24-25,41H,9-20H2,1-2H3,(H,34,36)(H,42,43). The predicted molar refractivity (Wildman–Crippen MR) is 170 cm³/mol. The van der Waals surface area contributed by atoms with Crippen LogP contribution in [0.4, 0.5) is 17.2 Å². The van der Waals surface area contributed by atoms with Gasteiger partial charge in [0.25, 0.3) is 0 Å². The summed E-state index contributed by atoms with van der Waals surface area (Å²) in [6.45, 7) is 10.2. The van der Waals surface area contributed by atoms with Crippen molar-refractivity contribution in [2.75, 3.05) is 74.5 Å². The number of carboxylic acids is 1. The minimum atomic E-state index is -0.860. The zero-order valence-electron chi connectivity index (χ0n) is 25.2. The Bertz CT molecular complexity index is 1430. The van der Waals surface area contributed by atoms with Crippen molar-refractivity contribution >= 4 is 23.2 Å². The third kappa shape index (κ3) is 6.26. The SMILES string of the molecule is CNc1nnc(-c2ccccc2O)cc1N1CCN(C2CCN(C3CCN(c4ccc(C(=O)O)c(C)c4)CC3)CC2)CC1. The Morgan fingerprint density at radius 2 is 1.47 bits per heavy atom. The summed E-state index contributed by atoms with van der Waals surface area (Å²) in [7, 11) is 1.88. The van der Waals surface area contributed by atoms with E-state index in [0.29, 0.717) is 28.9 Å². The van der Waals surface area contributed by atoms with Crippen molar-refractivity contribution in [1.82, 2.24) is 20.0 Å². The Morgan fingerprint density at radius 1 is 0.814 bits per heavy atom. The molecule has 0 spiro atoms. The number of nitrogens with one attached hydrogen (secondary N) is 1. The quantitative estimate of drug-likeness (QED) is 0.374. The van der Waals surface area contributed by atoms with Crippen LogP contribution < -0.4 is 15.1 Å². The molecule has 10 heteroatoms. The minimum Gasteiger partial charge on any atom is -0.507 e. The summed E-state index contributed by atoms with van der Waals surface area (Å²) in [6.07, 6.45) is 4.73. The number of aromatic nitrogens is 2. The van der Waals surface area contributed by atoms with Crippen LogP contribution in [0.3, 0.4) is 0 Å². The number of rotatable bonds is 7. The van der Waals surface area contributed by atoms with E-state index in [9.17, 15) is 15.0 Å². The lowest BCUT2D eigenvalue weighted by Gasteiger charge is -2.46. The molecule has 43 heavy (non-hydrogen) atoms. The zero-order chi connectivity index (χ0) is 29.9. The number of benzene rings is 2. The molecule has 3 aliphatic heterocycles. The summed E-state index contributed by atoms with van der Waals surface area (Å²) in [5, 5.41) is 31.7. The average molecular weight is 586 g/mol. The molecule has 3 aromatic rings. The second-order valence-corrected chi connectivity index (χ2v) is 12.0.